The van der Waals surface area contributed by atoms with Gasteiger partial charge in [0.2, 0.25) is 0 Å². The second kappa shape index (κ2) is 8.25. The minimum absolute atomic E-state index is 0.0586. The highest BCUT2D eigenvalue weighted by Gasteiger charge is 2.55. The van der Waals surface area contributed by atoms with E-state index in [2.05, 4.69) is 6.92 Å². The van der Waals surface area contributed by atoms with Gasteiger partial charge in [0.1, 0.15) is 6.10 Å². The molecular weight excluding hydrogens is 268 g/mol. The molecule has 2 saturated carbocycles. The summed E-state index contributed by atoms with van der Waals surface area (Å²) in [5.41, 5.74) is 0. The second-order valence-corrected chi connectivity index (χ2v) is 6.55. The number of carbonyl (C=O) groups is 1. The van der Waals surface area contributed by atoms with E-state index >= 15 is 0 Å². The number of methoxy groups -OCH3 is 1. The largest absolute Gasteiger partial charge is 0.385 e. The highest BCUT2D eigenvalue weighted by Crippen LogP contribution is 2.49. The lowest BCUT2D eigenvalue weighted by atomic mass is 9.90. The smallest absolute Gasteiger partial charge is 0.168 e. The molecule has 2 aliphatic rings. The van der Waals surface area contributed by atoms with Gasteiger partial charge in [-0.3, -0.25) is 4.79 Å². The van der Waals surface area contributed by atoms with Crippen LogP contribution in [0, 0.1) is 17.8 Å². The van der Waals surface area contributed by atoms with Gasteiger partial charge >= 0.3 is 0 Å². The number of aliphatic hydroxyl groups is 1. The van der Waals surface area contributed by atoms with E-state index in [1.165, 1.54) is 12.8 Å². The summed E-state index contributed by atoms with van der Waals surface area (Å²) >= 11 is 0. The summed E-state index contributed by atoms with van der Waals surface area (Å²) in [4.78, 5) is 11.5. The van der Waals surface area contributed by atoms with Crippen LogP contribution in [0.2, 0.25) is 0 Å². The molecule has 0 radical (unpaired) electrons. The van der Waals surface area contributed by atoms with Crippen LogP contribution in [0.25, 0.3) is 0 Å². The molecule has 0 aromatic rings. The van der Waals surface area contributed by atoms with E-state index in [-0.39, 0.29) is 11.7 Å². The third-order valence-corrected chi connectivity index (χ3v) is 4.91. The molecule has 0 aromatic heterocycles. The first-order chi connectivity index (χ1) is 10.2. The minimum atomic E-state index is -0.661. The van der Waals surface area contributed by atoms with E-state index < -0.39 is 6.10 Å². The number of hydrogen-bond donors (Lipinski definition) is 1. The number of ether oxygens (including phenoxy) is 2. The number of carbonyl (C=O) groups excluding carboxylic acids is 1. The zero-order valence-corrected chi connectivity index (χ0v) is 13.4. The van der Waals surface area contributed by atoms with Crippen LogP contribution < -0.4 is 0 Å². The molecule has 21 heavy (non-hydrogen) atoms. The third-order valence-electron chi connectivity index (χ3n) is 4.91. The Balaban J connectivity index is 1.65. The van der Waals surface area contributed by atoms with E-state index in [0.29, 0.717) is 17.9 Å². The predicted molar refractivity (Wildman–Crippen MR) is 81.1 cm³/mol. The molecule has 0 spiro atoms. The Morgan fingerprint density at radius 2 is 1.90 bits per heavy atom. The molecule has 2 fully saturated rings. The zero-order chi connectivity index (χ0) is 15.2. The molecule has 2 rings (SSSR count). The van der Waals surface area contributed by atoms with Gasteiger partial charge in [-0.05, 0) is 56.8 Å². The summed E-state index contributed by atoms with van der Waals surface area (Å²) in [6, 6.07) is 0. The number of ketones is 1. The van der Waals surface area contributed by atoms with Gasteiger partial charge in [0.05, 0.1) is 12.0 Å². The summed E-state index contributed by atoms with van der Waals surface area (Å²) in [5.74, 6) is 1.09. The van der Waals surface area contributed by atoms with Crippen LogP contribution in [-0.4, -0.2) is 43.4 Å². The molecule has 4 nitrogen and oxygen atoms in total. The normalized spacial score (nSPS) is 27.7. The molecule has 122 valence electrons. The maximum absolute atomic E-state index is 11.5. The maximum Gasteiger partial charge on any atom is 0.168 e. The van der Waals surface area contributed by atoms with Crippen molar-refractivity contribution in [3.05, 3.63) is 0 Å². The van der Waals surface area contributed by atoms with Gasteiger partial charge in [-0.15, -0.1) is 0 Å². The molecule has 1 N–H and O–H groups in total. The Morgan fingerprint density at radius 3 is 2.43 bits per heavy atom. The summed E-state index contributed by atoms with van der Waals surface area (Å²) in [6.45, 7) is 3.75. The fraction of sp³-hybridized carbons (Fsp3) is 0.941. The van der Waals surface area contributed by atoms with Gasteiger partial charge in [-0.2, -0.15) is 0 Å². The van der Waals surface area contributed by atoms with Crippen LogP contribution >= 0.6 is 0 Å². The first-order valence-corrected chi connectivity index (χ1v) is 8.51. The first kappa shape index (κ1) is 16.9. The average Bonchev–Trinajstić information content (AvgIpc) is 3.40. The number of hydrogen-bond acceptors (Lipinski definition) is 4. The first-order valence-electron chi connectivity index (χ1n) is 8.51. The van der Waals surface area contributed by atoms with Crippen LogP contribution in [0.1, 0.15) is 51.9 Å². The van der Waals surface area contributed by atoms with E-state index in [1.54, 1.807) is 7.11 Å². The minimum Gasteiger partial charge on any atom is -0.385 e. The highest BCUT2D eigenvalue weighted by atomic mass is 16.5. The fourth-order valence-electron chi connectivity index (χ4n) is 3.31. The Morgan fingerprint density at radius 1 is 1.24 bits per heavy atom. The van der Waals surface area contributed by atoms with Crippen LogP contribution in [0.5, 0.6) is 0 Å². The van der Waals surface area contributed by atoms with Crippen molar-refractivity contribution in [2.24, 2.45) is 17.8 Å². The molecule has 2 aliphatic carbocycles. The SMILES string of the molecule is CCC(CCC(C1CC1)C1C(=O)C1O)OCCCCOC. The topological polar surface area (TPSA) is 55.8 Å². The molecule has 0 amide bonds. The number of rotatable bonds is 12. The number of Topliss-reactive ketones (excluding diaryl/α,β-unsaturated/α-hetero) is 1. The Kier molecular flexibility index (Phi) is 6.65. The monoisotopic (exact) mass is 298 g/mol. The highest BCUT2D eigenvalue weighted by molar-refractivity contribution is 6.02. The molecule has 0 aliphatic heterocycles. The van der Waals surface area contributed by atoms with Gasteiger partial charge in [0, 0.05) is 20.3 Å². The lowest BCUT2D eigenvalue weighted by Gasteiger charge is -2.20. The maximum atomic E-state index is 11.5. The lowest BCUT2D eigenvalue weighted by molar-refractivity contribution is -0.113. The predicted octanol–water partition coefficient (Wildman–Crippen LogP) is 2.57. The van der Waals surface area contributed by atoms with Crippen LogP contribution in [0.3, 0.4) is 0 Å². The van der Waals surface area contributed by atoms with Crippen molar-refractivity contribution in [3.8, 4) is 0 Å². The van der Waals surface area contributed by atoms with Gasteiger partial charge in [0.15, 0.2) is 5.78 Å². The Bertz CT molecular complexity index is 327. The quantitative estimate of drug-likeness (QED) is 0.563. The van der Waals surface area contributed by atoms with E-state index in [4.69, 9.17) is 9.47 Å². The van der Waals surface area contributed by atoms with Crippen molar-refractivity contribution in [3.63, 3.8) is 0 Å². The van der Waals surface area contributed by atoms with E-state index in [1.807, 2.05) is 0 Å². The average molecular weight is 298 g/mol. The van der Waals surface area contributed by atoms with Crippen LogP contribution in [0.4, 0.5) is 0 Å². The summed E-state index contributed by atoms with van der Waals surface area (Å²) in [6.07, 6.45) is 7.23. The fourth-order valence-corrected chi connectivity index (χ4v) is 3.31. The molecular formula is C17H30O4. The molecule has 0 saturated heterocycles. The lowest BCUT2D eigenvalue weighted by Crippen LogP contribution is -2.17. The van der Waals surface area contributed by atoms with Gasteiger partial charge < -0.3 is 14.6 Å². The molecule has 0 aromatic carbocycles. The van der Waals surface area contributed by atoms with E-state index in [0.717, 1.165) is 45.3 Å². The molecule has 0 bridgehead atoms. The standard InChI is InChI=1S/C17H30O4/c1-3-13(21-11-5-4-10-20-2)8-9-14(12-6-7-12)15-16(18)17(15)19/h12-16,18H,3-11H2,1-2H3. The van der Waals surface area contributed by atoms with Gasteiger partial charge in [0.25, 0.3) is 0 Å². The molecule has 4 atom stereocenters. The molecule has 4 heteroatoms. The summed E-state index contributed by atoms with van der Waals surface area (Å²) < 4.78 is 11.0. The second-order valence-electron chi connectivity index (χ2n) is 6.55. The van der Waals surface area contributed by atoms with Crippen molar-refractivity contribution in [2.75, 3.05) is 20.3 Å². The number of unbranched alkanes of at least 4 members (excludes halogenated alkanes) is 1. The van der Waals surface area contributed by atoms with Crippen LogP contribution in [-0.2, 0) is 14.3 Å². The number of aliphatic hydroxyl groups excluding tert-OH is 1. The van der Waals surface area contributed by atoms with Crippen molar-refractivity contribution >= 4 is 5.78 Å². The Labute approximate surface area is 128 Å². The van der Waals surface area contributed by atoms with Crippen molar-refractivity contribution in [1.29, 1.82) is 0 Å². The summed E-state index contributed by atoms with van der Waals surface area (Å²) in [7, 11) is 1.72. The molecule has 0 heterocycles. The zero-order valence-electron chi connectivity index (χ0n) is 13.4. The van der Waals surface area contributed by atoms with E-state index in [9.17, 15) is 9.90 Å². The van der Waals surface area contributed by atoms with Crippen LogP contribution in [0.15, 0.2) is 0 Å². The van der Waals surface area contributed by atoms with Crippen molar-refractivity contribution in [1.82, 2.24) is 0 Å². The summed E-state index contributed by atoms with van der Waals surface area (Å²) in [5, 5.41) is 9.60. The van der Waals surface area contributed by atoms with Gasteiger partial charge in [-0.25, -0.2) is 0 Å². The third kappa shape index (κ3) is 5.04. The molecule has 4 unspecified atom stereocenters. The Hall–Kier alpha value is -0.450. The van der Waals surface area contributed by atoms with Crippen molar-refractivity contribution < 1.29 is 19.4 Å². The van der Waals surface area contributed by atoms with Gasteiger partial charge in [-0.1, -0.05) is 6.92 Å². The van der Waals surface area contributed by atoms with Crippen molar-refractivity contribution in [2.45, 2.75) is 64.1 Å².